The van der Waals surface area contributed by atoms with E-state index in [1.165, 1.54) is 5.56 Å². The Morgan fingerprint density at radius 2 is 2.38 bits per heavy atom. The highest BCUT2D eigenvalue weighted by Crippen LogP contribution is 2.30. The van der Waals surface area contributed by atoms with Crippen molar-refractivity contribution in [2.45, 2.75) is 37.8 Å². The number of carboxylic acid groups (broad SMARTS) is 1. The summed E-state index contributed by atoms with van der Waals surface area (Å²) in [5.74, 6) is -0.00804. The number of rotatable bonds is 6. The molecule has 2 N–H and O–H groups in total. The van der Waals surface area contributed by atoms with Gasteiger partial charge < -0.3 is 10.4 Å². The highest BCUT2D eigenvalue weighted by molar-refractivity contribution is 5.79. The predicted octanol–water partition coefficient (Wildman–Crippen LogP) is 2.43. The first-order chi connectivity index (χ1) is 11.5. The van der Waals surface area contributed by atoms with E-state index in [1.807, 2.05) is 11.0 Å². The number of alkyl halides is 1. The van der Waals surface area contributed by atoms with E-state index in [-0.39, 0.29) is 0 Å². The second-order valence-electron chi connectivity index (χ2n) is 6.72. The van der Waals surface area contributed by atoms with Crippen molar-refractivity contribution in [1.82, 2.24) is 9.88 Å². The molecule has 1 fully saturated rings. The molecule has 1 saturated heterocycles. The summed E-state index contributed by atoms with van der Waals surface area (Å²) in [5.41, 5.74) is 0.976. The highest BCUT2D eigenvalue weighted by Gasteiger charge is 2.37. The molecule has 0 amide bonds. The van der Waals surface area contributed by atoms with E-state index in [0.717, 1.165) is 37.0 Å². The van der Waals surface area contributed by atoms with E-state index in [0.29, 0.717) is 38.9 Å². The molecule has 6 heteroatoms. The van der Waals surface area contributed by atoms with E-state index in [4.69, 9.17) is 5.11 Å². The van der Waals surface area contributed by atoms with Crippen LogP contribution in [0.2, 0.25) is 0 Å². The van der Waals surface area contributed by atoms with Gasteiger partial charge in [-0.1, -0.05) is 12.1 Å². The van der Waals surface area contributed by atoms with Gasteiger partial charge in [-0.2, -0.15) is 0 Å². The number of nitrogens with one attached hydrogen (secondary N) is 1. The molecule has 3 heterocycles. The zero-order valence-electron chi connectivity index (χ0n) is 13.8. The van der Waals surface area contributed by atoms with Crippen molar-refractivity contribution >= 4 is 11.8 Å². The molecule has 0 saturated carbocycles. The molecule has 130 valence electrons. The van der Waals surface area contributed by atoms with Gasteiger partial charge in [-0.15, -0.1) is 0 Å². The standard InChI is InChI=1S/C18H24FN3O2/c19-18(9-12-22(13-18)11-2-4-16(23)24)8-7-15-6-5-14-3-1-10-20-17(14)21-15/h2,4-6H,1,3,7-13H2,(H,20,21)(H,23,24)/b4-2+/t18-/m0/s1. The van der Waals surface area contributed by atoms with Gasteiger partial charge in [0.2, 0.25) is 0 Å². The van der Waals surface area contributed by atoms with Crippen molar-refractivity contribution in [3.63, 3.8) is 0 Å². The summed E-state index contributed by atoms with van der Waals surface area (Å²) in [6, 6.07) is 4.11. The number of carbonyl (C=O) groups is 1. The average Bonchev–Trinajstić information content (AvgIpc) is 2.94. The van der Waals surface area contributed by atoms with E-state index in [9.17, 15) is 9.18 Å². The van der Waals surface area contributed by atoms with E-state index < -0.39 is 11.6 Å². The van der Waals surface area contributed by atoms with Crippen LogP contribution >= 0.6 is 0 Å². The molecule has 0 radical (unpaired) electrons. The number of aliphatic carboxylic acids is 1. The number of hydrogen-bond acceptors (Lipinski definition) is 4. The Bertz CT molecular complexity index is 635. The molecule has 0 spiro atoms. The van der Waals surface area contributed by atoms with Crippen LogP contribution in [-0.4, -0.2) is 52.8 Å². The molecule has 0 unspecified atom stereocenters. The van der Waals surface area contributed by atoms with Crippen LogP contribution in [-0.2, 0) is 17.6 Å². The van der Waals surface area contributed by atoms with Gasteiger partial charge >= 0.3 is 5.97 Å². The predicted molar refractivity (Wildman–Crippen MR) is 91.0 cm³/mol. The lowest BCUT2D eigenvalue weighted by Crippen LogP contribution is -2.30. The van der Waals surface area contributed by atoms with Crippen LogP contribution in [0.4, 0.5) is 10.2 Å². The molecule has 0 aliphatic carbocycles. The highest BCUT2D eigenvalue weighted by atomic mass is 19.1. The van der Waals surface area contributed by atoms with Crippen LogP contribution in [0.25, 0.3) is 0 Å². The average molecular weight is 333 g/mol. The fourth-order valence-corrected chi connectivity index (χ4v) is 3.44. The molecule has 0 bridgehead atoms. The van der Waals surface area contributed by atoms with E-state index in [1.54, 1.807) is 6.08 Å². The number of hydrogen-bond donors (Lipinski definition) is 2. The first-order valence-corrected chi connectivity index (χ1v) is 8.57. The lowest BCUT2D eigenvalue weighted by Gasteiger charge is -2.21. The third-order valence-corrected chi connectivity index (χ3v) is 4.79. The minimum atomic E-state index is -1.21. The summed E-state index contributed by atoms with van der Waals surface area (Å²) in [6.07, 6.45) is 6.46. The second kappa shape index (κ2) is 7.30. The van der Waals surface area contributed by atoms with Crippen LogP contribution in [0.5, 0.6) is 0 Å². The molecule has 2 aliphatic rings. The SMILES string of the molecule is O=C(O)/C=C/CN1CC[C@@](F)(CCc2ccc3c(n2)NCCC3)C1. The molecule has 1 atom stereocenters. The molecule has 24 heavy (non-hydrogen) atoms. The summed E-state index contributed by atoms with van der Waals surface area (Å²) >= 11 is 0. The number of aromatic nitrogens is 1. The molecular weight excluding hydrogens is 309 g/mol. The Hall–Kier alpha value is -1.95. The van der Waals surface area contributed by atoms with Gasteiger partial charge in [0.1, 0.15) is 11.5 Å². The maximum Gasteiger partial charge on any atom is 0.328 e. The van der Waals surface area contributed by atoms with Crippen LogP contribution < -0.4 is 5.32 Å². The van der Waals surface area contributed by atoms with Crippen molar-refractivity contribution < 1.29 is 14.3 Å². The van der Waals surface area contributed by atoms with Gasteiger partial charge in [0.05, 0.1) is 0 Å². The molecule has 0 aromatic carbocycles. The first-order valence-electron chi connectivity index (χ1n) is 8.57. The van der Waals surface area contributed by atoms with Crippen LogP contribution in [0.1, 0.15) is 30.5 Å². The van der Waals surface area contributed by atoms with Gasteiger partial charge in [0, 0.05) is 37.9 Å². The Labute approximate surface area is 141 Å². The normalized spacial score (nSPS) is 24.0. The number of likely N-dealkylation sites (tertiary alicyclic amines) is 1. The summed E-state index contributed by atoms with van der Waals surface area (Å²) in [7, 11) is 0. The summed E-state index contributed by atoms with van der Waals surface area (Å²) in [4.78, 5) is 17.1. The van der Waals surface area contributed by atoms with Crippen LogP contribution in [0.15, 0.2) is 24.3 Å². The van der Waals surface area contributed by atoms with Crippen molar-refractivity contribution in [3.05, 3.63) is 35.5 Å². The number of carboxylic acids is 1. The summed E-state index contributed by atoms with van der Waals surface area (Å²) < 4.78 is 14.9. The van der Waals surface area contributed by atoms with Gasteiger partial charge in [-0.05, 0) is 43.7 Å². The number of anilines is 1. The maximum absolute atomic E-state index is 14.9. The first kappa shape index (κ1) is 16.9. The molecule has 1 aromatic heterocycles. The molecule has 2 aliphatic heterocycles. The van der Waals surface area contributed by atoms with Crippen molar-refractivity contribution in [2.75, 3.05) is 31.5 Å². The fourth-order valence-electron chi connectivity index (χ4n) is 3.44. The number of aryl methyl sites for hydroxylation is 2. The van der Waals surface area contributed by atoms with E-state index in [2.05, 4.69) is 16.4 Å². The van der Waals surface area contributed by atoms with Gasteiger partial charge in [0.25, 0.3) is 0 Å². The summed E-state index contributed by atoms with van der Waals surface area (Å²) in [5, 5.41) is 11.9. The number of halogens is 1. The molecular formula is C18H24FN3O2. The maximum atomic E-state index is 14.9. The number of fused-ring (bicyclic) bond motifs is 1. The quantitative estimate of drug-likeness (QED) is 0.783. The zero-order valence-corrected chi connectivity index (χ0v) is 13.8. The Morgan fingerprint density at radius 3 is 3.21 bits per heavy atom. The Balaban J connectivity index is 1.52. The largest absolute Gasteiger partial charge is 0.478 e. The fraction of sp³-hybridized carbons (Fsp3) is 0.556. The minimum absolute atomic E-state index is 0.361. The second-order valence-corrected chi connectivity index (χ2v) is 6.72. The number of pyridine rings is 1. The molecule has 1 aromatic rings. The molecule has 3 rings (SSSR count). The Morgan fingerprint density at radius 1 is 1.50 bits per heavy atom. The monoisotopic (exact) mass is 333 g/mol. The lowest BCUT2D eigenvalue weighted by atomic mass is 9.97. The lowest BCUT2D eigenvalue weighted by molar-refractivity contribution is -0.131. The third-order valence-electron chi connectivity index (χ3n) is 4.79. The molecule has 5 nitrogen and oxygen atoms in total. The van der Waals surface area contributed by atoms with Crippen LogP contribution in [0.3, 0.4) is 0 Å². The van der Waals surface area contributed by atoms with Gasteiger partial charge in [-0.25, -0.2) is 14.2 Å². The van der Waals surface area contributed by atoms with Crippen molar-refractivity contribution in [1.29, 1.82) is 0 Å². The van der Waals surface area contributed by atoms with E-state index >= 15 is 0 Å². The smallest absolute Gasteiger partial charge is 0.328 e. The Kier molecular flexibility index (Phi) is 5.14. The van der Waals surface area contributed by atoms with Crippen LogP contribution in [0, 0.1) is 0 Å². The van der Waals surface area contributed by atoms with Crippen molar-refractivity contribution in [3.8, 4) is 0 Å². The summed E-state index contributed by atoms with van der Waals surface area (Å²) in [6.45, 7) is 2.47. The zero-order chi connectivity index (χ0) is 17.0. The van der Waals surface area contributed by atoms with Crippen molar-refractivity contribution in [2.24, 2.45) is 0 Å². The van der Waals surface area contributed by atoms with Gasteiger partial charge in [0.15, 0.2) is 0 Å². The number of nitrogens with zero attached hydrogens (tertiary/aromatic N) is 2. The van der Waals surface area contributed by atoms with Gasteiger partial charge in [-0.3, -0.25) is 4.90 Å². The topological polar surface area (TPSA) is 65.5 Å². The minimum Gasteiger partial charge on any atom is -0.478 e. The third kappa shape index (κ3) is 4.32.